The van der Waals surface area contributed by atoms with Crippen LogP contribution in [0.5, 0.6) is 0 Å². The molecule has 2 aromatic rings. The monoisotopic (exact) mass is 219 g/mol. The molecule has 0 atom stereocenters. The first kappa shape index (κ1) is 10.8. The zero-order valence-electron chi connectivity index (χ0n) is 9.61. The minimum absolute atomic E-state index is 0.213. The van der Waals surface area contributed by atoms with E-state index in [0.717, 1.165) is 5.56 Å². The zero-order valence-corrected chi connectivity index (χ0v) is 9.61. The van der Waals surface area contributed by atoms with E-state index >= 15 is 0 Å². The van der Waals surface area contributed by atoms with E-state index in [9.17, 15) is 4.39 Å². The molecule has 4 heteroatoms. The molecule has 0 spiro atoms. The second-order valence-corrected chi connectivity index (χ2v) is 4.14. The summed E-state index contributed by atoms with van der Waals surface area (Å²) < 4.78 is 15.6. The van der Waals surface area contributed by atoms with Gasteiger partial charge in [-0.1, -0.05) is 11.6 Å². The van der Waals surface area contributed by atoms with Gasteiger partial charge in [-0.3, -0.25) is 0 Å². The normalized spacial score (nSPS) is 11.1. The number of hydrogen-bond donors (Lipinski definition) is 0. The summed E-state index contributed by atoms with van der Waals surface area (Å²) in [6.45, 7) is 5.96. The second kappa shape index (κ2) is 4.04. The summed E-state index contributed by atoms with van der Waals surface area (Å²) in [6.07, 6.45) is 1.63. The van der Waals surface area contributed by atoms with E-state index in [-0.39, 0.29) is 11.9 Å². The quantitative estimate of drug-likeness (QED) is 0.777. The van der Waals surface area contributed by atoms with Gasteiger partial charge in [0.25, 0.3) is 0 Å². The van der Waals surface area contributed by atoms with Crippen molar-refractivity contribution < 1.29 is 4.39 Å². The molecule has 16 heavy (non-hydrogen) atoms. The van der Waals surface area contributed by atoms with Gasteiger partial charge in [-0.15, -0.1) is 10.2 Å². The summed E-state index contributed by atoms with van der Waals surface area (Å²) in [5.74, 6) is 0.316. The molecule has 3 nitrogen and oxygen atoms in total. The van der Waals surface area contributed by atoms with Gasteiger partial charge in [-0.25, -0.2) is 4.39 Å². The SMILES string of the molecule is Cc1ccc(F)c(-c2nncn2C(C)C)c1. The molecule has 0 N–H and O–H groups in total. The summed E-state index contributed by atoms with van der Waals surface area (Å²) in [7, 11) is 0. The van der Waals surface area contributed by atoms with Crippen LogP contribution >= 0.6 is 0 Å². The minimum Gasteiger partial charge on any atom is -0.311 e. The largest absolute Gasteiger partial charge is 0.311 e. The van der Waals surface area contributed by atoms with Gasteiger partial charge in [0.15, 0.2) is 5.82 Å². The average molecular weight is 219 g/mol. The van der Waals surface area contributed by atoms with Gasteiger partial charge in [-0.2, -0.15) is 0 Å². The van der Waals surface area contributed by atoms with Crippen LogP contribution in [-0.2, 0) is 0 Å². The average Bonchev–Trinajstić information content (AvgIpc) is 2.70. The summed E-state index contributed by atoms with van der Waals surface area (Å²) in [5, 5.41) is 7.82. The molecule has 2 rings (SSSR count). The van der Waals surface area contributed by atoms with Crippen molar-refractivity contribution >= 4 is 0 Å². The number of halogens is 1. The minimum atomic E-state index is -0.263. The Kier molecular flexibility index (Phi) is 2.73. The van der Waals surface area contributed by atoms with Gasteiger partial charge in [0.1, 0.15) is 12.1 Å². The number of aromatic nitrogens is 3. The van der Waals surface area contributed by atoms with Crippen LogP contribution in [-0.4, -0.2) is 14.8 Å². The molecule has 0 saturated carbocycles. The lowest BCUT2D eigenvalue weighted by atomic mass is 10.1. The molecular weight excluding hydrogens is 205 g/mol. The topological polar surface area (TPSA) is 30.7 Å². The molecule has 0 radical (unpaired) electrons. The second-order valence-electron chi connectivity index (χ2n) is 4.14. The fourth-order valence-electron chi connectivity index (χ4n) is 1.62. The van der Waals surface area contributed by atoms with Gasteiger partial charge in [0, 0.05) is 6.04 Å². The summed E-state index contributed by atoms with van der Waals surface area (Å²) >= 11 is 0. The highest BCUT2D eigenvalue weighted by molar-refractivity contribution is 5.57. The van der Waals surface area contributed by atoms with Crippen LogP contribution in [0.15, 0.2) is 24.5 Å². The first-order valence-electron chi connectivity index (χ1n) is 5.25. The van der Waals surface area contributed by atoms with E-state index in [1.54, 1.807) is 18.5 Å². The highest BCUT2D eigenvalue weighted by Gasteiger charge is 2.13. The lowest BCUT2D eigenvalue weighted by Crippen LogP contribution is -2.03. The maximum Gasteiger partial charge on any atom is 0.166 e. The predicted octanol–water partition coefficient (Wildman–Crippen LogP) is 2.97. The molecule has 0 bridgehead atoms. The van der Waals surface area contributed by atoms with Crippen molar-refractivity contribution in [1.82, 2.24) is 14.8 Å². The molecule has 0 aliphatic carbocycles. The van der Waals surface area contributed by atoms with Crippen molar-refractivity contribution in [1.29, 1.82) is 0 Å². The van der Waals surface area contributed by atoms with Crippen LogP contribution in [0.1, 0.15) is 25.5 Å². The molecule has 0 fully saturated rings. The van der Waals surface area contributed by atoms with E-state index in [0.29, 0.717) is 11.4 Å². The highest BCUT2D eigenvalue weighted by Crippen LogP contribution is 2.23. The van der Waals surface area contributed by atoms with Crippen LogP contribution < -0.4 is 0 Å². The Labute approximate surface area is 93.9 Å². The van der Waals surface area contributed by atoms with Crippen LogP contribution in [0, 0.1) is 12.7 Å². The molecule has 84 valence electrons. The van der Waals surface area contributed by atoms with Crippen molar-refractivity contribution in [2.24, 2.45) is 0 Å². The Morgan fingerprint density at radius 3 is 2.75 bits per heavy atom. The number of aryl methyl sites for hydroxylation is 1. The van der Waals surface area contributed by atoms with Crippen molar-refractivity contribution in [2.75, 3.05) is 0 Å². The van der Waals surface area contributed by atoms with Crippen LogP contribution in [0.25, 0.3) is 11.4 Å². The van der Waals surface area contributed by atoms with Gasteiger partial charge < -0.3 is 4.57 Å². The van der Waals surface area contributed by atoms with E-state index in [1.165, 1.54) is 6.07 Å². The van der Waals surface area contributed by atoms with Crippen LogP contribution in [0.3, 0.4) is 0 Å². The summed E-state index contributed by atoms with van der Waals surface area (Å²) in [4.78, 5) is 0. The third-order valence-corrected chi connectivity index (χ3v) is 2.49. The summed E-state index contributed by atoms with van der Waals surface area (Å²) in [6, 6.07) is 5.21. The Bertz CT molecular complexity index is 503. The van der Waals surface area contributed by atoms with Crippen molar-refractivity contribution in [3.63, 3.8) is 0 Å². The molecule has 0 amide bonds. The Hall–Kier alpha value is -1.71. The third kappa shape index (κ3) is 1.83. The molecule has 0 saturated heterocycles. The number of benzene rings is 1. The lowest BCUT2D eigenvalue weighted by molar-refractivity contribution is 0.594. The number of rotatable bonds is 2. The standard InChI is InChI=1S/C12H14FN3/c1-8(2)16-7-14-15-12(16)10-6-9(3)4-5-11(10)13/h4-8H,1-3H3. The fourth-order valence-corrected chi connectivity index (χ4v) is 1.62. The molecule has 1 aromatic heterocycles. The molecule has 1 aromatic carbocycles. The Morgan fingerprint density at radius 1 is 1.31 bits per heavy atom. The highest BCUT2D eigenvalue weighted by atomic mass is 19.1. The Balaban J connectivity index is 2.58. The third-order valence-electron chi connectivity index (χ3n) is 2.49. The predicted molar refractivity (Wildman–Crippen MR) is 60.5 cm³/mol. The maximum absolute atomic E-state index is 13.7. The van der Waals surface area contributed by atoms with Crippen molar-refractivity contribution in [2.45, 2.75) is 26.8 Å². The van der Waals surface area contributed by atoms with Crippen molar-refractivity contribution in [3.8, 4) is 11.4 Å². The lowest BCUT2D eigenvalue weighted by Gasteiger charge is -2.10. The Morgan fingerprint density at radius 2 is 2.06 bits per heavy atom. The van der Waals surface area contributed by atoms with Crippen molar-refractivity contribution in [3.05, 3.63) is 35.9 Å². The molecule has 1 heterocycles. The smallest absolute Gasteiger partial charge is 0.166 e. The first-order valence-corrected chi connectivity index (χ1v) is 5.25. The number of nitrogens with zero attached hydrogens (tertiary/aromatic N) is 3. The molecule has 0 aliphatic heterocycles. The van der Waals surface area contributed by atoms with E-state index in [2.05, 4.69) is 10.2 Å². The van der Waals surface area contributed by atoms with Gasteiger partial charge in [-0.05, 0) is 32.9 Å². The van der Waals surface area contributed by atoms with Gasteiger partial charge in [0.05, 0.1) is 5.56 Å². The van der Waals surface area contributed by atoms with Crippen LogP contribution in [0.4, 0.5) is 4.39 Å². The fraction of sp³-hybridized carbons (Fsp3) is 0.333. The van der Waals surface area contributed by atoms with E-state index in [1.807, 2.05) is 25.3 Å². The first-order chi connectivity index (χ1) is 7.59. The van der Waals surface area contributed by atoms with Crippen LogP contribution in [0.2, 0.25) is 0 Å². The number of hydrogen-bond acceptors (Lipinski definition) is 2. The van der Waals surface area contributed by atoms with E-state index < -0.39 is 0 Å². The molecule has 0 unspecified atom stereocenters. The van der Waals surface area contributed by atoms with E-state index in [4.69, 9.17) is 0 Å². The zero-order chi connectivity index (χ0) is 11.7. The molecule has 0 aliphatic rings. The summed E-state index contributed by atoms with van der Waals surface area (Å²) in [5.41, 5.74) is 1.51. The van der Waals surface area contributed by atoms with Gasteiger partial charge in [0.2, 0.25) is 0 Å². The maximum atomic E-state index is 13.7. The molecular formula is C12H14FN3. The van der Waals surface area contributed by atoms with Gasteiger partial charge >= 0.3 is 0 Å².